The average Bonchev–Trinajstić information content (AvgIpc) is 2.43. The van der Waals surface area contributed by atoms with Crippen LogP contribution >= 0.6 is 24.0 Å². The van der Waals surface area contributed by atoms with E-state index in [0.717, 1.165) is 5.88 Å². The first-order valence-corrected chi connectivity index (χ1v) is 9.85. The number of hydrogen-bond acceptors (Lipinski definition) is 1. The third-order valence-electron chi connectivity index (χ3n) is 3.49. The summed E-state index contributed by atoms with van der Waals surface area (Å²) >= 11 is 5.64. The summed E-state index contributed by atoms with van der Waals surface area (Å²) < 4.78 is 0. The van der Waals surface area contributed by atoms with E-state index in [2.05, 4.69) is 6.92 Å². The van der Waals surface area contributed by atoms with E-state index >= 15 is 0 Å². The average molecular weight is 356 g/mol. The molecule has 3 heteroatoms. The lowest BCUT2D eigenvalue weighted by Crippen LogP contribution is -1.99. The minimum absolute atomic E-state index is 0. The zero-order valence-electron chi connectivity index (χ0n) is 15.8. The van der Waals surface area contributed by atoms with Crippen LogP contribution in [0.2, 0.25) is 0 Å². The van der Waals surface area contributed by atoms with Crippen molar-refractivity contribution in [3.63, 3.8) is 0 Å². The van der Waals surface area contributed by atoms with Crippen LogP contribution in [0.5, 0.6) is 0 Å². The Morgan fingerprint density at radius 1 is 0.545 bits per heavy atom. The Morgan fingerprint density at radius 2 is 0.773 bits per heavy atom. The summed E-state index contributed by atoms with van der Waals surface area (Å²) in [4.78, 5) is 2.00. The van der Waals surface area contributed by atoms with Crippen molar-refractivity contribution in [1.82, 2.24) is 4.90 Å². The van der Waals surface area contributed by atoms with E-state index in [1.165, 1.54) is 89.9 Å². The summed E-state index contributed by atoms with van der Waals surface area (Å²) in [6, 6.07) is 0. The molecule has 0 bridgehead atoms. The SMILES string of the molecule is CCCCCCCCCCCCCCCCCl.CN(C)C.Cl. The molecule has 0 unspecified atom stereocenters. The van der Waals surface area contributed by atoms with Crippen LogP contribution in [0.25, 0.3) is 0 Å². The molecule has 0 aliphatic rings. The summed E-state index contributed by atoms with van der Waals surface area (Å²) in [5.41, 5.74) is 0. The molecular weight excluding hydrogens is 313 g/mol. The van der Waals surface area contributed by atoms with Gasteiger partial charge in [0.1, 0.15) is 0 Å². The molecule has 0 N–H and O–H groups in total. The second-order valence-electron chi connectivity index (χ2n) is 6.63. The third-order valence-corrected chi connectivity index (χ3v) is 3.75. The lowest BCUT2D eigenvalue weighted by Gasteiger charge is -2.02. The van der Waals surface area contributed by atoms with E-state index in [0.29, 0.717) is 0 Å². The van der Waals surface area contributed by atoms with Crippen molar-refractivity contribution in [1.29, 1.82) is 0 Å². The van der Waals surface area contributed by atoms with Crippen LogP contribution in [-0.2, 0) is 0 Å². The topological polar surface area (TPSA) is 3.24 Å². The van der Waals surface area contributed by atoms with Crippen molar-refractivity contribution in [2.45, 2.75) is 96.8 Å². The molecule has 0 aromatic carbocycles. The number of halogens is 2. The first kappa shape index (κ1) is 27.4. The Bertz CT molecular complexity index is 147. The van der Waals surface area contributed by atoms with E-state index in [4.69, 9.17) is 11.6 Å². The summed E-state index contributed by atoms with van der Waals surface area (Å²) in [5, 5.41) is 0. The van der Waals surface area contributed by atoms with Gasteiger partial charge >= 0.3 is 0 Å². The molecule has 0 spiro atoms. The minimum atomic E-state index is 0. The highest BCUT2D eigenvalue weighted by Gasteiger charge is 1.93. The predicted molar refractivity (Wildman–Crippen MR) is 108 cm³/mol. The normalized spacial score (nSPS) is 10.1. The highest BCUT2D eigenvalue weighted by molar-refractivity contribution is 6.17. The van der Waals surface area contributed by atoms with Crippen LogP contribution in [-0.4, -0.2) is 31.9 Å². The Kier molecular flexibility index (Phi) is 32.9. The molecule has 138 valence electrons. The second kappa shape index (κ2) is 26.4. The molecule has 0 heterocycles. The van der Waals surface area contributed by atoms with Crippen molar-refractivity contribution in [2.75, 3.05) is 27.0 Å². The number of hydrogen-bond donors (Lipinski definition) is 0. The summed E-state index contributed by atoms with van der Waals surface area (Å²) in [5.74, 6) is 0.845. The van der Waals surface area contributed by atoms with Crippen LogP contribution < -0.4 is 0 Å². The molecule has 0 saturated carbocycles. The maximum atomic E-state index is 5.64. The van der Waals surface area contributed by atoms with Gasteiger partial charge in [-0.15, -0.1) is 24.0 Å². The maximum absolute atomic E-state index is 5.64. The van der Waals surface area contributed by atoms with Gasteiger partial charge in [0.15, 0.2) is 0 Å². The molecule has 22 heavy (non-hydrogen) atoms. The van der Waals surface area contributed by atoms with Gasteiger partial charge in [0.2, 0.25) is 0 Å². The van der Waals surface area contributed by atoms with Crippen LogP contribution in [0.1, 0.15) is 96.8 Å². The van der Waals surface area contributed by atoms with Gasteiger partial charge in [0.25, 0.3) is 0 Å². The van der Waals surface area contributed by atoms with E-state index in [9.17, 15) is 0 Å². The fourth-order valence-electron chi connectivity index (χ4n) is 2.29. The lowest BCUT2D eigenvalue weighted by atomic mass is 10.0. The number of alkyl halides is 1. The van der Waals surface area contributed by atoms with E-state index in [-0.39, 0.29) is 12.4 Å². The highest BCUT2D eigenvalue weighted by Crippen LogP contribution is 2.12. The van der Waals surface area contributed by atoms with E-state index in [1.54, 1.807) is 0 Å². The number of unbranched alkanes of at least 4 members (excludes halogenated alkanes) is 13. The standard InChI is InChI=1S/C16H33Cl.C3H9N.ClH/c1-2-3-4-5-6-7-8-9-10-11-12-13-14-15-16-17;1-4(2)3;/h2-16H2,1H3;1-3H3;1H. The van der Waals surface area contributed by atoms with Gasteiger partial charge < -0.3 is 4.90 Å². The third kappa shape index (κ3) is 37.1. The molecule has 0 amide bonds. The zero-order valence-corrected chi connectivity index (χ0v) is 17.4. The highest BCUT2D eigenvalue weighted by atomic mass is 35.5. The molecule has 0 radical (unpaired) electrons. The molecule has 0 rings (SSSR count). The zero-order chi connectivity index (χ0) is 16.2. The van der Waals surface area contributed by atoms with Crippen LogP contribution in [0, 0.1) is 0 Å². The van der Waals surface area contributed by atoms with Gasteiger partial charge in [0, 0.05) is 5.88 Å². The minimum Gasteiger partial charge on any atom is -0.312 e. The Morgan fingerprint density at radius 3 is 1.00 bits per heavy atom. The first-order valence-electron chi connectivity index (χ1n) is 9.32. The van der Waals surface area contributed by atoms with E-state index < -0.39 is 0 Å². The molecule has 0 aromatic rings. The van der Waals surface area contributed by atoms with Crippen molar-refractivity contribution in [2.24, 2.45) is 0 Å². The monoisotopic (exact) mass is 355 g/mol. The van der Waals surface area contributed by atoms with Gasteiger partial charge in [-0.2, -0.15) is 0 Å². The van der Waals surface area contributed by atoms with Gasteiger partial charge in [-0.25, -0.2) is 0 Å². The Labute approximate surface area is 153 Å². The van der Waals surface area contributed by atoms with Crippen LogP contribution in [0.15, 0.2) is 0 Å². The fraction of sp³-hybridized carbons (Fsp3) is 1.00. The van der Waals surface area contributed by atoms with Crippen molar-refractivity contribution < 1.29 is 0 Å². The Balaban J connectivity index is -0.000000640. The lowest BCUT2D eigenvalue weighted by molar-refractivity contribution is 0.505. The summed E-state index contributed by atoms with van der Waals surface area (Å²) in [6.07, 6.45) is 19.8. The summed E-state index contributed by atoms with van der Waals surface area (Å²) in [6.45, 7) is 2.28. The quantitative estimate of drug-likeness (QED) is 0.233. The molecule has 0 saturated heterocycles. The van der Waals surface area contributed by atoms with Crippen molar-refractivity contribution >= 4 is 24.0 Å². The van der Waals surface area contributed by atoms with Crippen molar-refractivity contribution in [3.8, 4) is 0 Å². The smallest absolute Gasteiger partial charge is 0.0223 e. The van der Waals surface area contributed by atoms with Gasteiger partial charge in [0.05, 0.1) is 0 Å². The molecule has 0 aliphatic carbocycles. The van der Waals surface area contributed by atoms with Crippen molar-refractivity contribution in [3.05, 3.63) is 0 Å². The summed E-state index contributed by atoms with van der Waals surface area (Å²) in [7, 11) is 6.00. The van der Waals surface area contributed by atoms with Gasteiger partial charge in [-0.1, -0.05) is 90.4 Å². The van der Waals surface area contributed by atoms with Crippen LogP contribution in [0.3, 0.4) is 0 Å². The maximum Gasteiger partial charge on any atom is 0.0223 e. The van der Waals surface area contributed by atoms with Gasteiger partial charge in [-0.05, 0) is 27.6 Å². The first-order chi connectivity index (χ1) is 10.1. The molecule has 0 fully saturated rings. The molecule has 0 aromatic heterocycles. The van der Waals surface area contributed by atoms with Gasteiger partial charge in [-0.3, -0.25) is 0 Å². The molecule has 0 atom stereocenters. The number of nitrogens with zero attached hydrogens (tertiary/aromatic N) is 1. The van der Waals surface area contributed by atoms with Crippen LogP contribution in [0.4, 0.5) is 0 Å². The fourth-order valence-corrected chi connectivity index (χ4v) is 2.48. The Hall–Kier alpha value is 0.540. The molecular formula is C19H43Cl2N. The largest absolute Gasteiger partial charge is 0.312 e. The number of rotatable bonds is 14. The predicted octanol–water partition coefficient (Wildman–Crippen LogP) is 7.31. The second-order valence-corrected chi connectivity index (χ2v) is 7.00. The van der Waals surface area contributed by atoms with E-state index in [1.807, 2.05) is 26.0 Å². The molecule has 1 nitrogen and oxygen atoms in total. The molecule has 0 aliphatic heterocycles.